The molecule has 6 heteroatoms. The van der Waals surface area contributed by atoms with Gasteiger partial charge in [-0.3, -0.25) is 19.7 Å². The van der Waals surface area contributed by atoms with Crippen molar-refractivity contribution in [3.8, 4) is 11.5 Å². The second kappa shape index (κ2) is 7.58. The average molecular weight is 347 g/mol. The Balaban J connectivity index is 1.46. The summed E-state index contributed by atoms with van der Waals surface area (Å²) in [6.07, 6.45) is 5.52. The number of hydrogen-bond donors (Lipinski definition) is 1. The quantitative estimate of drug-likeness (QED) is 0.785. The highest BCUT2D eigenvalue weighted by Crippen LogP contribution is 2.27. The number of piperidine rings is 1. The van der Waals surface area contributed by atoms with E-state index in [4.69, 9.17) is 0 Å². The fourth-order valence-electron chi connectivity index (χ4n) is 3.42. The van der Waals surface area contributed by atoms with E-state index >= 15 is 0 Å². The first-order valence-electron chi connectivity index (χ1n) is 8.93. The minimum atomic E-state index is -0.119. The minimum Gasteiger partial charge on any atom is -0.305 e. The molecule has 0 radical (unpaired) electrons. The lowest BCUT2D eigenvalue weighted by Gasteiger charge is -2.31. The number of pyridine rings is 2. The Kier molecular flexibility index (Phi) is 4.84. The molecule has 0 aliphatic carbocycles. The van der Waals surface area contributed by atoms with Gasteiger partial charge in [0.1, 0.15) is 5.69 Å². The molecule has 132 valence electrons. The molecule has 3 aromatic heterocycles. The molecule has 0 bridgehead atoms. The van der Waals surface area contributed by atoms with Gasteiger partial charge in [0.2, 0.25) is 0 Å². The lowest BCUT2D eigenvalue weighted by atomic mass is 9.93. The van der Waals surface area contributed by atoms with Gasteiger partial charge in [0, 0.05) is 30.9 Å². The summed E-state index contributed by atoms with van der Waals surface area (Å²) in [5.41, 5.74) is 2.54. The summed E-state index contributed by atoms with van der Waals surface area (Å²) in [5, 5.41) is 0. The summed E-state index contributed by atoms with van der Waals surface area (Å²) >= 11 is 0. The van der Waals surface area contributed by atoms with E-state index in [-0.39, 0.29) is 5.56 Å². The SMILES string of the molecule is O=c1cc(C2CCN(Cc3ccccn3)CC2)nc(-c2ccccn2)[nH]1. The van der Waals surface area contributed by atoms with Gasteiger partial charge < -0.3 is 4.98 Å². The van der Waals surface area contributed by atoms with Crippen molar-refractivity contribution in [1.82, 2.24) is 24.8 Å². The van der Waals surface area contributed by atoms with Crippen LogP contribution < -0.4 is 5.56 Å². The zero-order valence-corrected chi connectivity index (χ0v) is 14.5. The Morgan fingerprint density at radius 2 is 1.81 bits per heavy atom. The molecule has 4 rings (SSSR count). The highest BCUT2D eigenvalue weighted by molar-refractivity contribution is 5.48. The number of aromatic amines is 1. The highest BCUT2D eigenvalue weighted by atomic mass is 16.1. The predicted molar refractivity (Wildman–Crippen MR) is 99.6 cm³/mol. The average Bonchev–Trinajstić information content (AvgIpc) is 2.70. The summed E-state index contributed by atoms with van der Waals surface area (Å²) in [4.78, 5) is 30.7. The third kappa shape index (κ3) is 3.86. The van der Waals surface area contributed by atoms with Gasteiger partial charge in [-0.1, -0.05) is 12.1 Å². The third-order valence-electron chi connectivity index (χ3n) is 4.79. The molecule has 0 saturated carbocycles. The van der Waals surface area contributed by atoms with Crippen LogP contribution in [0.2, 0.25) is 0 Å². The third-order valence-corrected chi connectivity index (χ3v) is 4.79. The monoisotopic (exact) mass is 347 g/mol. The van der Waals surface area contributed by atoms with E-state index < -0.39 is 0 Å². The number of nitrogens with zero attached hydrogens (tertiary/aromatic N) is 4. The van der Waals surface area contributed by atoms with E-state index in [9.17, 15) is 4.79 Å². The molecule has 1 saturated heterocycles. The molecule has 6 nitrogen and oxygen atoms in total. The van der Waals surface area contributed by atoms with Gasteiger partial charge in [0.05, 0.1) is 11.4 Å². The minimum absolute atomic E-state index is 0.119. The number of aromatic nitrogens is 4. The number of H-pyrrole nitrogens is 1. The summed E-state index contributed by atoms with van der Waals surface area (Å²) in [5.74, 6) is 0.851. The van der Waals surface area contributed by atoms with Crippen LogP contribution in [0, 0.1) is 0 Å². The van der Waals surface area contributed by atoms with Crippen LogP contribution in [0.15, 0.2) is 59.7 Å². The largest absolute Gasteiger partial charge is 0.305 e. The van der Waals surface area contributed by atoms with Crippen LogP contribution in [0.25, 0.3) is 11.5 Å². The normalized spacial score (nSPS) is 15.8. The zero-order chi connectivity index (χ0) is 17.8. The molecule has 4 heterocycles. The molecule has 1 N–H and O–H groups in total. The molecule has 0 spiro atoms. The molecule has 3 aromatic rings. The first-order chi connectivity index (χ1) is 12.8. The zero-order valence-electron chi connectivity index (χ0n) is 14.5. The van der Waals surface area contributed by atoms with Gasteiger partial charge in [-0.15, -0.1) is 0 Å². The molecule has 0 amide bonds. The fourth-order valence-corrected chi connectivity index (χ4v) is 3.42. The molecular formula is C20H21N5O. The first-order valence-corrected chi connectivity index (χ1v) is 8.93. The van der Waals surface area contributed by atoms with Crippen molar-refractivity contribution in [2.24, 2.45) is 0 Å². The number of likely N-dealkylation sites (tertiary alicyclic amines) is 1. The number of nitrogens with one attached hydrogen (secondary N) is 1. The maximum atomic E-state index is 12.1. The van der Waals surface area contributed by atoms with Crippen LogP contribution in [0.4, 0.5) is 0 Å². The summed E-state index contributed by atoms with van der Waals surface area (Å²) < 4.78 is 0. The van der Waals surface area contributed by atoms with Gasteiger partial charge >= 0.3 is 0 Å². The molecule has 26 heavy (non-hydrogen) atoms. The van der Waals surface area contributed by atoms with Crippen LogP contribution >= 0.6 is 0 Å². The van der Waals surface area contributed by atoms with Crippen LogP contribution in [0.5, 0.6) is 0 Å². The lowest BCUT2D eigenvalue weighted by Crippen LogP contribution is -2.33. The van der Waals surface area contributed by atoms with Gasteiger partial charge in [-0.2, -0.15) is 0 Å². The van der Waals surface area contributed by atoms with E-state index in [1.54, 1.807) is 12.3 Å². The molecule has 1 aliphatic heterocycles. The van der Waals surface area contributed by atoms with Crippen molar-refractivity contribution in [2.45, 2.75) is 25.3 Å². The summed E-state index contributed by atoms with van der Waals surface area (Å²) in [7, 11) is 0. The molecule has 1 fully saturated rings. The van der Waals surface area contributed by atoms with Crippen molar-refractivity contribution in [3.63, 3.8) is 0 Å². The Morgan fingerprint density at radius 1 is 1.04 bits per heavy atom. The topological polar surface area (TPSA) is 74.8 Å². The van der Waals surface area contributed by atoms with Crippen LogP contribution in [0.1, 0.15) is 30.1 Å². The van der Waals surface area contributed by atoms with E-state index in [0.717, 1.165) is 43.9 Å². The van der Waals surface area contributed by atoms with Crippen LogP contribution in [0.3, 0.4) is 0 Å². The number of hydrogen-bond acceptors (Lipinski definition) is 5. The van der Waals surface area contributed by atoms with Gasteiger partial charge in [0.25, 0.3) is 5.56 Å². The van der Waals surface area contributed by atoms with Crippen molar-refractivity contribution < 1.29 is 0 Å². The van der Waals surface area contributed by atoms with Crippen molar-refractivity contribution in [2.75, 3.05) is 13.1 Å². The standard InChI is InChI=1S/C20H21N5O/c26-19-13-18(23-20(24-19)17-6-2-4-10-22-17)15-7-11-25(12-8-15)14-16-5-1-3-9-21-16/h1-6,9-10,13,15H,7-8,11-12,14H2,(H,23,24,26). The smallest absolute Gasteiger partial charge is 0.251 e. The van der Waals surface area contributed by atoms with Crippen molar-refractivity contribution in [3.05, 3.63) is 76.6 Å². The first kappa shape index (κ1) is 16.6. The highest BCUT2D eigenvalue weighted by Gasteiger charge is 2.23. The Hall–Kier alpha value is -2.86. The van der Waals surface area contributed by atoms with E-state index in [2.05, 4.69) is 30.9 Å². The second-order valence-corrected chi connectivity index (χ2v) is 6.61. The molecular weight excluding hydrogens is 326 g/mol. The lowest BCUT2D eigenvalue weighted by molar-refractivity contribution is 0.201. The summed E-state index contributed by atoms with van der Waals surface area (Å²) in [6, 6.07) is 13.3. The van der Waals surface area contributed by atoms with Gasteiger partial charge in [0.15, 0.2) is 5.82 Å². The molecule has 0 unspecified atom stereocenters. The van der Waals surface area contributed by atoms with Crippen LogP contribution in [-0.4, -0.2) is 37.9 Å². The maximum Gasteiger partial charge on any atom is 0.251 e. The fraction of sp³-hybridized carbons (Fsp3) is 0.300. The molecule has 0 atom stereocenters. The van der Waals surface area contributed by atoms with Gasteiger partial charge in [-0.05, 0) is 50.2 Å². The Morgan fingerprint density at radius 3 is 2.50 bits per heavy atom. The molecule has 0 aromatic carbocycles. The molecule has 1 aliphatic rings. The van der Waals surface area contributed by atoms with E-state index in [0.29, 0.717) is 17.4 Å². The summed E-state index contributed by atoms with van der Waals surface area (Å²) in [6.45, 7) is 2.83. The number of rotatable bonds is 4. The second-order valence-electron chi connectivity index (χ2n) is 6.61. The van der Waals surface area contributed by atoms with Crippen LogP contribution in [-0.2, 0) is 6.54 Å². The van der Waals surface area contributed by atoms with Gasteiger partial charge in [-0.25, -0.2) is 4.98 Å². The Labute approximate surface area is 152 Å². The maximum absolute atomic E-state index is 12.1. The van der Waals surface area contributed by atoms with Crippen molar-refractivity contribution >= 4 is 0 Å². The van der Waals surface area contributed by atoms with E-state index in [1.807, 2.05) is 36.5 Å². The van der Waals surface area contributed by atoms with Crippen molar-refractivity contribution in [1.29, 1.82) is 0 Å². The van der Waals surface area contributed by atoms with E-state index in [1.165, 1.54) is 0 Å². The Bertz CT molecular complexity index is 902. The predicted octanol–water partition coefficient (Wildman–Crippen LogP) is 2.61.